The number of aromatic nitrogens is 3. The van der Waals surface area contributed by atoms with Crippen molar-refractivity contribution < 1.29 is 17.9 Å². The molecule has 2 fully saturated rings. The van der Waals surface area contributed by atoms with Crippen LogP contribution in [0.2, 0.25) is 0 Å². The number of pyridine rings is 1. The van der Waals surface area contributed by atoms with Gasteiger partial charge >= 0.3 is 0 Å². The van der Waals surface area contributed by atoms with E-state index < -0.39 is 16.1 Å². The summed E-state index contributed by atoms with van der Waals surface area (Å²) in [6.07, 6.45) is 10.0. The van der Waals surface area contributed by atoms with Gasteiger partial charge in [0.2, 0.25) is 21.9 Å². The number of hydrogen-bond donors (Lipinski definition) is 0. The number of aryl methyl sites for hydroxylation is 2. The van der Waals surface area contributed by atoms with Gasteiger partial charge in [0, 0.05) is 63.6 Å². The summed E-state index contributed by atoms with van der Waals surface area (Å²) >= 11 is 0. The highest BCUT2D eigenvalue weighted by atomic mass is 32.2. The van der Waals surface area contributed by atoms with Crippen molar-refractivity contribution in [3.8, 4) is 11.6 Å². The number of likely N-dealkylation sites (N-methyl/N-ethyl adjacent to an activating group) is 1. The molecule has 10 nitrogen and oxygen atoms in total. The first-order chi connectivity index (χ1) is 22.7. The van der Waals surface area contributed by atoms with Gasteiger partial charge < -0.3 is 19.3 Å². The van der Waals surface area contributed by atoms with Gasteiger partial charge in [-0.15, -0.1) is 0 Å². The summed E-state index contributed by atoms with van der Waals surface area (Å²) in [6, 6.07) is 18.4. The van der Waals surface area contributed by atoms with Gasteiger partial charge in [-0.2, -0.15) is 9.29 Å². The second-order valence-electron chi connectivity index (χ2n) is 12.7. The summed E-state index contributed by atoms with van der Waals surface area (Å²) in [5, 5.41) is 0. The highest BCUT2D eigenvalue weighted by molar-refractivity contribution is 7.89. The number of nitrogens with zero attached hydrogens (tertiary/aromatic N) is 6. The molecule has 11 heteroatoms. The summed E-state index contributed by atoms with van der Waals surface area (Å²) in [6.45, 7) is 7.59. The van der Waals surface area contributed by atoms with E-state index >= 15 is 0 Å². The molecular formula is C36H44N6O4S. The van der Waals surface area contributed by atoms with E-state index in [-0.39, 0.29) is 11.5 Å². The highest BCUT2D eigenvalue weighted by Gasteiger charge is 2.38. The SMILES string of the molecule is COc1cc(C)c(S(=O)(=O)N(C)C(COc2ccnc(N3CCC4(CCN(c5ccncc5)CC4)CC3)n2)c2ccccc2)c(C)c1. The molecule has 2 aliphatic heterocycles. The third-order valence-electron chi connectivity index (χ3n) is 9.90. The second kappa shape index (κ2) is 13.9. The van der Waals surface area contributed by atoms with Gasteiger partial charge in [-0.05, 0) is 85.9 Å². The molecule has 1 unspecified atom stereocenters. The Labute approximate surface area is 278 Å². The lowest BCUT2D eigenvalue weighted by Crippen LogP contribution is -2.47. The van der Waals surface area contributed by atoms with E-state index in [1.54, 1.807) is 52.4 Å². The quantitative estimate of drug-likeness (QED) is 0.209. The number of benzene rings is 2. The Hall–Kier alpha value is -4.22. The normalized spacial score (nSPS) is 17.1. The minimum absolute atomic E-state index is 0.0849. The second-order valence-corrected chi connectivity index (χ2v) is 14.7. The molecule has 47 heavy (non-hydrogen) atoms. The summed E-state index contributed by atoms with van der Waals surface area (Å²) in [4.78, 5) is 18.5. The summed E-state index contributed by atoms with van der Waals surface area (Å²) in [5.74, 6) is 1.69. The Morgan fingerprint density at radius 3 is 2.11 bits per heavy atom. The Bertz CT molecular complexity index is 1730. The summed E-state index contributed by atoms with van der Waals surface area (Å²) in [5.41, 5.74) is 3.69. The van der Waals surface area contributed by atoms with Gasteiger partial charge in [0.05, 0.1) is 18.0 Å². The van der Waals surface area contributed by atoms with Crippen LogP contribution in [0.15, 0.2) is 84.1 Å². The van der Waals surface area contributed by atoms with Crippen LogP contribution in [0.5, 0.6) is 11.6 Å². The molecule has 2 aliphatic rings. The van der Waals surface area contributed by atoms with Crippen molar-refractivity contribution in [2.24, 2.45) is 5.41 Å². The van der Waals surface area contributed by atoms with Gasteiger partial charge in [0.1, 0.15) is 12.4 Å². The van der Waals surface area contributed by atoms with Crippen molar-refractivity contribution in [2.45, 2.75) is 50.5 Å². The zero-order valence-electron chi connectivity index (χ0n) is 27.7. The van der Waals surface area contributed by atoms with Crippen molar-refractivity contribution in [1.29, 1.82) is 0 Å². The molecule has 1 atom stereocenters. The fraction of sp³-hybridized carbons (Fsp3) is 0.417. The van der Waals surface area contributed by atoms with Gasteiger partial charge in [-0.25, -0.2) is 13.4 Å². The molecule has 4 heterocycles. The molecule has 0 radical (unpaired) electrons. The van der Waals surface area contributed by atoms with Crippen molar-refractivity contribution in [3.63, 3.8) is 0 Å². The average Bonchev–Trinajstić information content (AvgIpc) is 3.09. The Morgan fingerprint density at radius 2 is 1.49 bits per heavy atom. The number of sulfonamides is 1. The lowest BCUT2D eigenvalue weighted by atomic mass is 9.71. The largest absolute Gasteiger partial charge is 0.497 e. The molecule has 0 amide bonds. The van der Waals surface area contributed by atoms with Crippen LogP contribution in [-0.4, -0.2) is 74.6 Å². The molecule has 2 saturated heterocycles. The van der Waals surface area contributed by atoms with Crippen LogP contribution < -0.4 is 19.3 Å². The zero-order chi connectivity index (χ0) is 33.0. The molecule has 0 saturated carbocycles. The predicted octanol–water partition coefficient (Wildman–Crippen LogP) is 5.82. The first-order valence-corrected chi connectivity index (χ1v) is 17.7. The fourth-order valence-electron chi connectivity index (χ4n) is 7.04. The molecular weight excluding hydrogens is 613 g/mol. The molecule has 0 bridgehead atoms. The smallest absolute Gasteiger partial charge is 0.244 e. The van der Waals surface area contributed by atoms with Crippen LogP contribution in [0.25, 0.3) is 0 Å². The molecule has 248 valence electrons. The van der Waals surface area contributed by atoms with Crippen molar-refractivity contribution >= 4 is 21.7 Å². The Kier molecular flexibility index (Phi) is 9.65. The third-order valence-corrected chi connectivity index (χ3v) is 12.1. The van der Waals surface area contributed by atoms with E-state index in [0.717, 1.165) is 44.6 Å². The number of methoxy groups -OCH3 is 1. The average molecular weight is 657 g/mol. The van der Waals surface area contributed by atoms with Gasteiger partial charge in [-0.3, -0.25) is 4.98 Å². The van der Waals surface area contributed by atoms with Crippen LogP contribution in [0.4, 0.5) is 11.6 Å². The van der Waals surface area contributed by atoms with Crippen LogP contribution >= 0.6 is 0 Å². The van der Waals surface area contributed by atoms with Crippen LogP contribution in [0.3, 0.4) is 0 Å². The minimum Gasteiger partial charge on any atom is -0.497 e. The number of rotatable bonds is 10. The van der Waals surface area contributed by atoms with Crippen LogP contribution in [-0.2, 0) is 10.0 Å². The van der Waals surface area contributed by atoms with E-state index in [2.05, 4.69) is 31.9 Å². The molecule has 1 spiro atoms. The Balaban J connectivity index is 1.13. The predicted molar refractivity (Wildman–Crippen MR) is 184 cm³/mol. The van der Waals surface area contributed by atoms with E-state index in [1.165, 1.54) is 22.8 Å². The monoisotopic (exact) mass is 656 g/mol. The number of ether oxygens (including phenoxy) is 2. The summed E-state index contributed by atoms with van der Waals surface area (Å²) in [7, 11) is -0.702. The molecule has 4 aromatic rings. The first kappa shape index (κ1) is 32.7. The molecule has 0 aliphatic carbocycles. The third kappa shape index (κ3) is 7.06. The summed E-state index contributed by atoms with van der Waals surface area (Å²) < 4.78 is 41.2. The van der Waals surface area contributed by atoms with E-state index in [9.17, 15) is 8.42 Å². The van der Waals surface area contributed by atoms with Gasteiger partial charge in [0.25, 0.3) is 0 Å². The molecule has 2 aromatic heterocycles. The van der Waals surface area contributed by atoms with E-state index in [4.69, 9.17) is 14.5 Å². The topological polar surface area (TPSA) is 101 Å². The van der Waals surface area contributed by atoms with Crippen LogP contribution in [0, 0.1) is 19.3 Å². The fourth-order valence-corrected chi connectivity index (χ4v) is 8.77. The number of anilines is 2. The highest BCUT2D eigenvalue weighted by Crippen LogP contribution is 2.42. The lowest BCUT2D eigenvalue weighted by molar-refractivity contribution is 0.166. The van der Waals surface area contributed by atoms with E-state index in [1.807, 2.05) is 42.7 Å². The lowest BCUT2D eigenvalue weighted by Gasteiger charge is -2.47. The maximum Gasteiger partial charge on any atom is 0.244 e. The minimum atomic E-state index is -3.88. The molecule has 2 aromatic carbocycles. The van der Waals surface area contributed by atoms with Crippen molar-refractivity contribution in [1.82, 2.24) is 19.3 Å². The standard InChI is InChI=1S/C36H44N6O4S/c1-27-24-31(45-4)25-28(2)34(27)47(43,44)40(3)32(29-8-6-5-7-9-29)26-46-33-12-19-38-35(39-33)42-22-15-36(16-23-42)13-20-41(21-14-36)30-10-17-37-18-11-30/h5-12,17-19,24-25,32H,13-16,20-23,26H2,1-4H3. The zero-order valence-corrected chi connectivity index (χ0v) is 28.5. The van der Waals surface area contributed by atoms with Crippen molar-refractivity contribution in [2.75, 3.05) is 56.7 Å². The number of hydrogen-bond acceptors (Lipinski definition) is 9. The first-order valence-electron chi connectivity index (χ1n) is 16.2. The number of piperidine rings is 2. The van der Waals surface area contributed by atoms with Crippen LogP contribution in [0.1, 0.15) is 48.4 Å². The van der Waals surface area contributed by atoms with Crippen molar-refractivity contribution in [3.05, 3.63) is 95.9 Å². The maximum absolute atomic E-state index is 14.1. The van der Waals surface area contributed by atoms with Gasteiger partial charge in [-0.1, -0.05) is 30.3 Å². The Morgan fingerprint density at radius 1 is 0.872 bits per heavy atom. The molecule has 6 rings (SSSR count). The van der Waals surface area contributed by atoms with E-state index in [0.29, 0.717) is 34.1 Å². The van der Waals surface area contributed by atoms with Gasteiger partial charge in [0.15, 0.2) is 0 Å². The molecule has 0 N–H and O–H groups in total. The maximum atomic E-state index is 14.1.